The van der Waals surface area contributed by atoms with E-state index < -0.39 is 47.9 Å². The highest BCUT2D eigenvalue weighted by Gasteiger charge is 2.45. The number of ether oxygens (including phenoxy) is 3. The molecule has 0 spiro atoms. The number of aliphatic hydroxyl groups excluding tert-OH is 3. The Kier molecular flexibility index (Phi) is 8.25. The third-order valence-electron chi connectivity index (χ3n) is 7.51. The largest absolute Gasteiger partial charge is 0.497 e. The first kappa shape index (κ1) is 29.5. The monoisotopic (exact) mass is 576 g/mol. The van der Waals surface area contributed by atoms with E-state index in [0.717, 1.165) is 21.9 Å². The zero-order valence-electron chi connectivity index (χ0n) is 24.0. The zero-order valence-corrected chi connectivity index (χ0v) is 24.0. The van der Waals surface area contributed by atoms with Crippen LogP contribution in [0.4, 0.5) is 0 Å². The summed E-state index contributed by atoms with van der Waals surface area (Å²) < 4.78 is 18.0. The van der Waals surface area contributed by atoms with Crippen molar-refractivity contribution in [3.8, 4) is 5.75 Å². The number of benzene rings is 3. The molecular formula is C32H36N2O8. The summed E-state index contributed by atoms with van der Waals surface area (Å²) in [6.07, 6.45) is -4.23. The quantitative estimate of drug-likeness (QED) is 0.246. The van der Waals surface area contributed by atoms with Gasteiger partial charge in [0.1, 0.15) is 36.7 Å². The minimum atomic E-state index is -1.66. The van der Waals surface area contributed by atoms with E-state index in [2.05, 4.69) is 17.4 Å². The molecule has 5 atom stereocenters. The van der Waals surface area contributed by atoms with Crippen molar-refractivity contribution in [2.75, 3.05) is 13.7 Å². The van der Waals surface area contributed by atoms with Crippen molar-refractivity contribution >= 4 is 33.6 Å². The molecule has 3 aromatic carbocycles. The fraction of sp³-hybridized carbons (Fsp3) is 0.375. The summed E-state index contributed by atoms with van der Waals surface area (Å²) in [5.74, 6) is -0.464. The van der Waals surface area contributed by atoms with Gasteiger partial charge < -0.3 is 39.4 Å². The smallest absolute Gasteiger partial charge is 0.311 e. The summed E-state index contributed by atoms with van der Waals surface area (Å²) in [5.41, 5.74) is 1.33. The Morgan fingerprint density at radius 3 is 2.43 bits per heavy atom. The summed E-state index contributed by atoms with van der Waals surface area (Å²) in [6, 6.07) is 18.3. The second kappa shape index (κ2) is 11.7. The van der Waals surface area contributed by atoms with E-state index in [1.165, 1.54) is 0 Å². The van der Waals surface area contributed by atoms with Crippen LogP contribution in [0.3, 0.4) is 0 Å². The van der Waals surface area contributed by atoms with Gasteiger partial charge in [-0.2, -0.15) is 0 Å². The lowest BCUT2D eigenvalue weighted by molar-refractivity contribution is -0.255. The van der Waals surface area contributed by atoms with Gasteiger partial charge in [-0.25, -0.2) is 0 Å². The number of rotatable bonds is 7. The molecule has 1 amide bonds. The molecule has 0 saturated carbocycles. The van der Waals surface area contributed by atoms with Crippen LogP contribution in [-0.4, -0.2) is 76.1 Å². The standard InChI is InChI=1S/C32H36N2O8/c1-32(2,3)31(39)41-17-25-27(35)28(36)26(30(38)42-25)33-29(37)23-16-34(24-14-21(40-4)11-12-22(23)24)15-18-9-10-19-7-5-6-8-20(19)13-18/h5-14,16,25-28,30,35-36,38H,15,17H2,1-4H3,(H,33,37)/t25-,26-,27-,28-,30?/m1/s1. The number of carbonyl (C=O) groups excluding carboxylic acids is 2. The second-order valence-corrected chi connectivity index (χ2v) is 11.6. The number of amides is 1. The fourth-order valence-electron chi connectivity index (χ4n) is 5.09. The van der Waals surface area contributed by atoms with Gasteiger partial charge in [-0.05, 0) is 55.3 Å². The van der Waals surface area contributed by atoms with E-state index in [1.54, 1.807) is 46.2 Å². The number of aromatic nitrogens is 1. The highest BCUT2D eigenvalue weighted by molar-refractivity contribution is 6.07. The SMILES string of the molecule is COc1ccc2c(C(=O)N[C@H]3C(O)O[C@H](COC(=O)C(C)(C)C)[C@@H](O)[C@@H]3O)cn(Cc3ccc4ccccc4c3)c2c1. The average molecular weight is 577 g/mol. The Morgan fingerprint density at radius 1 is 0.976 bits per heavy atom. The van der Waals surface area contributed by atoms with Gasteiger partial charge >= 0.3 is 5.97 Å². The summed E-state index contributed by atoms with van der Waals surface area (Å²) in [7, 11) is 1.57. The first-order valence-electron chi connectivity index (χ1n) is 13.8. The molecule has 222 valence electrons. The molecule has 0 bridgehead atoms. The van der Waals surface area contributed by atoms with Crippen molar-refractivity contribution in [3.05, 3.63) is 78.0 Å². The predicted octanol–water partition coefficient (Wildman–Crippen LogP) is 2.98. The van der Waals surface area contributed by atoms with E-state index in [0.29, 0.717) is 23.2 Å². The topological polar surface area (TPSA) is 139 Å². The molecule has 10 heteroatoms. The Balaban J connectivity index is 1.37. The number of nitrogens with zero attached hydrogens (tertiary/aromatic N) is 1. The number of esters is 1. The lowest BCUT2D eigenvalue weighted by atomic mass is 9.96. The van der Waals surface area contributed by atoms with Crippen LogP contribution in [-0.2, 0) is 20.8 Å². The van der Waals surface area contributed by atoms with Gasteiger partial charge in [-0.1, -0.05) is 36.4 Å². The van der Waals surface area contributed by atoms with Gasteiger partial charge in [0.2, 0.25) is 0 Å². The van der Waals surface area contributed by atoms with Gasteiger partial charge in [0, 0.05) is 24.2 Å². The van der Waals surface area contributed by atoms with Crippen molar-refractivity contribution in [1.82, 2.24) is 9.88 Å². The van der Waals surface area contributed by atoms with Crippen LogP contribution in [0, 0.1) is 5.41 Å². The molecule has 4 aromatic rings. The molecule has 0 aliphatic carbocycles. The first-order chi connectivity index (χ1) is 20.0. The molecule has 1 aliphatic heterocycles. The van der Waals surface area contributed by atoms with E-state index in [-0.39, 0.29) is 6.61 Å². The van der Waals surface area contributed by atoms with Crippen LogP contribution < -0.4 is 10.1 Å². The Labute approximate surface area is 243 Å². The Bertz CT molecular complexity index is 1610. The molecule has 5 rings (SSSR count). The molecule has 4 N–H and O–H groups in total. The van der Waals surface area contributed by atoms with Crippen molar-refractivity contribution < 1.29 is 39.1 Å². The molecule has 1 saturated heterocycles. The maximum Gasteiger partial charge on any atom is 0.311 e. The number of methoxy groups -OCH3 is 1. The number of hydrogen-bond acceptors (Lipinski definition) is 8. The van der Waals surface area contributed by atoms with Gasteiger partial charge in [0.25, 0.3) is 5.91 Å². The highest BCUT2D eigenvalue weighted by atomic mass is 16.6. The second-order valence-electron chi connectivity index (χ2n) is 11.6. The van der Waals surface area contributed by atoms with E-state index in [1.807, 2.05) is 41.0 Å². The lowest BCUT2D eigenvalue weighted by Crippen LogP contribution is -2.64. The van der Waals surface area contributed by atoms with Crippen LogP contribution in [0.25, 0.3) is 21.7 Å². The predicted molar refractivity (Wildman–Crippen MR) is 156 cm³/mol. The third kappa shape index (κ3) is 5.98. The number of aliphatic hydroxyl groups is 3. The molecule has 10 nitrogen and oxygen atoms in total. The van der Waals surface area contributed by atoms with Crippen LogP contribution in [0.15, 0.2) is 66.9 Å². The van der Waals surface area contributed by atoms with Crippen LogP contribution in [0.1, 0.15) is 36.7 Å². The van der Waals surface area contributed by atoms with E-state index in [9.17, 15) is 24.9 Å². The maximum atomic E-state index is 13.5. The van der Waals surface area contributed by atoms with Crippen molar-refractivity contribution in [3.63, 3.8) is 0 Å². The summed E-state index contributed by atoms with van der Waals surface area (Å²) >= 11 is 0. The highest BCUT2D eigenvalue weighted by Crippen LogP contribution is 2.29. The molecule has 1 unspecified atom stereocenters. The molecule has 2 heterocycles. The molecular weight excluding hydrogens is 540 g/mol. The zero-order chi connectivity index (χ0) is 30.2. The minimum Gasteiger partial charge on any atom is -0.497 e. The summed E-state index contributed by atoms with van der Waals surface area (Å²) in [5, 5.41) is 37.6. The van der Waals surface area contributed by atoms with Gasteiger partial charge in [-0.3, -0.25) is 9.59 Å². The molecule has 1 fully saturated rings. The molecule has 1 aromatic heterocycles. The Morgan fingerprint density at radius 2 is 1.71 bits per heavy atom. The minimum absolute atomic E-state index is 0.309. The molecule has 0 radical (unpaired) electrons. The fourth-order valence-corrected chi connectivity index (χ4v) is 5.09. The number of fused-ring (bicyclic) bond motifs is 2. The van der Waals surface area contributed by atoms with Gasteiger partial charge in [-0.15, -0.1) is 0 Å². The number of nitrogens with one attached hydrogen (secondary N) is 1. The Hall–Kier alpha value is -3.96. The normalized spacial score (nSPS) is 22.7. The maximum absolute atomic E-state index is 13.5. The van der Waals surface area contributed by atoms with Gasteiger partial charge in [0.05, 0.1) is 23.6 Å². The van der Waals surface area contributed by atoms with E-state index >= 15 is 0 Å². The molecule has 1 aliphatic rings. The van der Waals surface area contributed by atoms with E-state index in [4.69, 9.17) is 14.2 Å². The summed E-state index contributed by atoms with van der Waals surface area (Å²) in [6.45, 7) is 5.15. The number of carbonyl (C=O) groups is 2. The van der Waals surface area contributed by atoms with Crippen LogP contribution >= 0.6 is 0 Å². The summed E-state index contributed by atoms with van der Waals surface area (Å²) in [4.78, 5) is 25.7. The first-order valence-corrected chi connectivity index (χ1v) is 13.8. The van der Waals surface area contributed by atoms with Gasteiger partial charge in [0.15, 0.2) is 6.29 Å². The average Bonchev–Trinajstić information content (AvgIpc) is 3.33. The van der Waals surface area contributed by atoms with Crippen LogP contribution in [0.2, 0.25) is 0 Å². The van der Waals surface area contributed by atoms with Crippen molar-refractivity contribution in [2.24, 2.45) is 5.41 Å². The lowest BCUT2D eigenvalue weighted by Gasteiger charge is -2.40. The number of hydrogen-bond donors (Lipinski definition) is 4. The molecule has 42 heavy (non-hydrogen) atoms. The van der Waals surface area contributed by atoms with Crippen molar-refractivity contribution in [2.45, 2.75) is 58.0 Å². The van der Waals surface area contributed by atoms with Crippen molar-refractivity contribution in [1.29, 1.82) is 0 Å². The third-order valence-corrected chi connectivity index (χ3v) is 7.51. The van der Waals surface area contributed by atoms with Crippen LogP contribution in [0.5, 0.6) is 5.75 Å².